The van der Waals surface area contributed by atoms with Crippen LogP contribution in [0.5, 0.6) is 11.5 Å². The van der Waals surface area contributed by atoms with Gasteiger partial charge in [0.15, 0.2) is 11.5 Å². The normalized spacial score (nSPS) is 10.2. The van der Waals surface area contributed by atoms with Crippen molar-refractivity contribution in [3.63, 3.8) is 0 Å². The van der Waals surface area contributed by atoms with Crippen molar-refractivity contribution in [3.8, 4) is 22.8 Å². The van der Waals surface area contributed by atoms with Crippen LogP contribution in [-0.4, -0.2) is 32.3 Å². The van der Waals surface area contributed by atoms with E-state index in [4.69, 9.17) is 9.47 Å². The molecule has 0 spiro atoms. The Morgan fingerprint density at radius 2 is 2.05 bits per heavy atom. The van der Waals surface area contributed by atoms with Crippen molar-refractivity contribution in [2.45, 2.75) is 0 Å². The first-order valence-electron chi connectivity index (χ1n) is 5.66. The number of hydrogen-bond donors (Lipinski definition) is 1. The number of nitrogens with one attached hydrogen (secondary N) is 1. The largest absolute Gasteiger partial charge is 0.493 e. The number of ether oxygens (including phenoxy) is 2. The highest BCUT2D eigenvalue weighted by atomic mass is 16.8. The maximum Gasteiger partial charge on any atom is 0.313 e. The van der Waals surface area contributed by atoms with Crippen molar-refractivity contribution < 1.29 is 23.8 Å². The molecule has 0 aliphatic heterocycles. The predicted molar refractivity (Wildman–Crippen MR) is 67.4 cm³/mol. The number of carbonyl (C=O) groups is 1. The number of aromatic nitrogens is 2. The SMILES string of the molecule is CNC(=O)c1no[n+]([O-])c1-c1ccc(OC)c(OC)c1. The first-order valence-corrected chi connectivity index (χ1v) is 5.66. The summed E-state index contributed by atoms with van der Waals surface area (Å²) in [7, 11) is 4.41. The van der Waals surface area contributed by atoms with Gasteiger partial charge in [-0.1, -0.05) is 0 Å². The van der Waals surface area contributed by atoms with Crippen LogP contribution >= 0.6 is 0 Å². The smallest absolute Gasteiger partial charge is 0.313 e. The number of carbonyl (C=O) groups excluding carboxylic acids is 1. The Hall–Kier alpha value is -2.77. The maximum absolute atomic E-state index is 11.7. The van der Waals surface area contributed by atoms with Crippen molar-refractivity contribution in [2.24, 2.45) is 0 Å². The van der Waals surface area contributed by atoms with Crippen molar-refractivity contribution in [1.82, 2.24) is 10.5 Å². The molecule has 0 saturated carbocycles. The van der Waals surface area contributed by atoms with Gasteiger partial charge in [0.1, 0.15) is 0 Å². The Labute approximate surface area is 114 Å². The average molecular weight is 279 g/mol. The van der Waals surface area contributed by atoms with Crippen molar-refractivity contribution in [2.75, 3.05) is 21.3 Å². The molecule has 1 amide bonds. The molecule has 0 fully saturated rings. The lowest BCUT2D eigenvalue weighted by molar-refractivity contribution is -0.793. The summed E-state index contributed by atoms with van der Waals surface area (Å²) >= 11 is 0. The number of nitrogens with zero attached hydrogens (tertiary/aromatic N) is 2. The van der Waals surface area contributed by atoms with Crippen LogP contribution in [0.25, 0.3) is 11.3 Å². The number of methoxy groups -OCH3 is 2. The Bertz CT molecular complexity index is 638. The minimum atomic E-state index is -0.520. The maximum atomic E-state index is 11.7. The fourth-order valence-corrected chi connectivity index (χ4v) is 1.74. The lowest BCUT2D eigenvalue weighted by atomic mass is 10.1. The Kier molecular flexibility index (Phi) is 3.74. The molecule has 8 nitrogen and oxygen atoms in total. The van der Waals surface area contributed by atoms with E-state index < -0.39 is 5.91 Å². The third-order valence-electron chi connectivity index (χ3n) is 2.71. The zero-order chi connectivity index (χ0) is 14.7. The molecule has 0 bridgehead atoms. The summed E-state index contributed by atoms with van der Waals surface area (Å²) in [6, 6.07) is 4.79. The van der Waals surface area contributed by atoms with Crippen molar-refractivity contribution in [1.29, 1.82) is 0 Å². The van der Waals surface area contributed by atoms with Gasteiger partial charge in [-0.15, -0.1) is 0 Å². The highest BCUT2D eigenvalue weighted by Gasteiger charge is 2.27. The summed E-state index contributed by atoms with van der Waals surface area (Å²) in [5.41, 5.74) is 0.331. The minimum absolute atomic E-state index is 0.00491. The molecule has 0 unspecified atom stereocenters. The standard InChI is InChI=1S/C12H13N3O5/c1-13-12(16)10-11(15(17)20-14-10)7-4-5-8(18-2)9(6-7)19-3/h4-6H,1-3H3,(H,13,16). The van der Waals surface area contributed by atoms with Crippen LogP contribution in [-0.2, 0) is 0 Å². The summed E-state index contributed by atoms with van der Waals surface area (Å²) in [6.45, 7) is 0. The Morgan fingerprint density at radius 1 is 1.35 bits per heavy atom. The van der Waals surface area contributed by atoms with Gasteiger partial charge in [0.2, 0.25) is 5.69 Å². The number of amides is 1. The third-order valence-corrected chi connectivity index (χ3v) is 2.71. The quantitative estimate of drug-likeness (QED) is 0.810. The van der Waals surface area contributed by atoms with Crippen molar-refractivity contribution in [3.05, 3.63) is 29.1 Å². The Balaban J connectivity index is 2.57. The molecule has 1 aromatic heterocycles. The fourth-order valence-electron chi connectivity index (χ4n) is 1.74. The van der Waals surface area contributed by atoms with Gasteiger partial charge in [0.05, 0.1) is 19.4 Å². The topological polar surface area (TPSA) is 101 Å². The van der Waals surface area contributed by atoms with Crippen LogP contribution in [0.3, 0.4) is 0 Å². The molecule has 2 aromatic rings. The molecule has 2 rings (SSSR count). The zero-order valence-corrected chi connectivity index (χ0v) is 11.2. The van der Waals surface area contributed by atoms with E-state index in [1.54, 1.807) is 18.2 Å². The van der Waals surface area contributed by atoms with E-state index in [0.29, 0.717) is 17.1 Å². The van der Waals surface area contributed by atoms with Gasteiger partial charge in [-0.3, -0.25) is 9.42 Å². The van der Waals surface area contributed by atoms with E-state index in [9.17, 15) is 10.0 Å². The van der Waals surface area contributed by atoms with Crippen LogP contribution in [0.15, 0.2) is 22.8 Å². The number of benzene rings is 1. The highest BCUT2D eigenvalue weighted by Crippen LogP contribution is 2.32. The molecule has 20 heavy (non-hydrogen) atoms. The first kappa shape index (κ1) is 13.7. The van der Waals surface area contributed by atoms with E-state index in [1.165, 1.54) is 21.3 Å². The molecule has 106 valence electrons. The highest BCUT2D eigenvalue weighted by molar-refractivity contribution is 5.97. The monoisotopic (exact) mass is 279 g/mol. The first-order chi connectivity index (χ1) is 9.62. The zero-order valence-electron chi connectivity index (χ0n) is 11.2. The van der Waals surface area contributed by atoms with Gasteiger partial charge < -0.3 is 20.0 Å². The summed E-state index contributed by atoms with van der Waals surface area (Å²) < 4.78 is 14.7. The molecule has 0 radical (unpaired) electrons. The molecule has 1 aromatic carbocycles. The van der Waals surface area contributed by atoms with Crippen LogP contribution in [0, 0.1) is 5.21 Å². The van der Waals surface area contributed by atoms with Gasteiger partial charge in [0, 0.05) is 12.6 Å². The molecule has 0 aliphatic rings. The molecule has 1 N–H and O–H groups in total. The molecule has 1 heterocycles. The Morgan fingerprint density at radius 3 is 2.65 bits per heavy atom. The summed E-state index contributed by atoms with van der Waals surface area (Å²) in [6.07, 6.45) is 0. The molecule has 0 atom stereocenters. The molecule has 0 aliphatic carbocycles. The molecule has 8 heteroatoms. The van der Waals surface area contributed by atoms with E-state index in [-0.39, 0.29) is 16.3 Å². The van der Waals surface area contributed by atoms with Crippen LogP contribution in [0.2, 0.25) is 0 Å². The molecular weight excluding hydrogens is 266 g/mol. The van der Waals surface area contributed by atoms with Gasteiger partial charge >= 0.3 is 11.6 Å². The molecular formula is C12H13N3O5. The van der Waals surface area contributed by atoms with Crippen molar-refractivity contribution >= 4 is 5.91 Å². The summed E-state index contributed by atoms with van der Waals surface area (Å²) in [5, 5.41) is 17.5. The predicted octanol–water partition coefficient (Wildman–Crippen LogP) is 0.352. The van der Waals surface area contributed by atoms with Crippen LogP contribution in [0.4, 0.5) is 0 Å². The summed E-state index contributed by atoms with van der Waals surface area (Å²) in [4.78, 5) is 11.8. The lowest BCUT2D eigenvalue weighted by Crippen LogP contribution is -2.27. The second-order valence-electron chi connectivity index (χ2n) is 3.78. The second kappa shape index (κ2) is 5.47. The number of rotatable bonds is 4. The second-order valence-corrected chi connectivity index (χ2v) is 3.78. The minimum Gasteiger partial charge on any atom is -0.493 e. The van der Waals surface area contributed by atoms with Gasteiger partial charge in [-0.25, -0.2) is 0 Å². The van der Waals surface area contributed by atoms with Gasteiger partial charge in [-0.2, -0.15) is 0 Å². The fraction of sp³-hybridized carbons (Fsp3) is 0.250. The van der Waals surface area contributed by atoms with E-state index in [2.05, 4.69) is 15.1 Å². The lowest BCUT2D eigenvalue weighted by Gasteiger charge is -2.08. The third kappa shape index (κ3) is 2.22. The van der Waals surface area contributed by atoms with Gasteiger partial charge in [-0.05, 0) is 23.1 Å². The average Bonchev–Trinajstić information content (AvgIpc) is 2.87. The van der Waals surface area contributed by atoms with Gasteiger partial charge in [0.25, 0.3) is 0 Å². The van der Waals surface area contributed by atoms with E-state index in [0.717, 1.165) is 0 Å². The molecule has 0 saturated heterocycles. The summed E-state index contributed by atoms with van der Waals surface area (Å²) in [5.74, 6) is 0.411. The van der Waals surface area contributed by atoms with E-state index >= 15 is 0 Å². The van der Waals surface area contributed by atoms with Crippen LogP contribution < -0.4 is 19.7 Å². The number of hydrogen-bond acceptors (Lipinski definition) is 6. The van der Waals surface area contributed by atoms with Crippen LogP contribution in [0.1, 0.15) is 10.5 Å². The van der Waals surface area contributed by atoms with E-state index in [1.807, 2.05) is 0 Å².